The number of hydrogen-bond acceptors (Lipinski definition) is 5. The summed E-state index contributed by atoms with van der Waals surface area (Å²) in [5.74, 6) is 1.95. The van der Waals surface area contributed by atoms with Gasteiger partial charge in [-0.1, -0.05) is 68.2 Å². The third kappa shape index (κ3) is 5.36. The number of amides is 1. The molecule has 1 aliphatic rings. The predicted octanol–water partition coefficient (Wildman–Crippen LogP) is 5.15. The van der Waals surface area contributed by atoms with Gasteiger partial charge in [0.15, 0.2) is 0 Å². The summed E-state index contributed by atoms with van der Waals surface area (Å²) in [6, 6.07) is 15.8. The number of thiocarbonyl (C=S) groups is 1. The third-order valence-corrected chi connectivity index (χ3v) is 5.63. The van der Waals surface area contributed by atoms with E-state index in [2.05, 4.69) is 25.2 Å². The van der Waals surface area contributed by atoms with Gasteiger partial charge in [-0.2, -0.15) is 0 Å². The fourth-order valence-corrected chi connectivity index (χ4v) is 3.86. The largest absolute Gasteiger partial charge is 0.490 e. The zero-order valence-corrected chi connectivity index (χ0v) is 17.6. The molecule has 1 aliphatic heterocycles. The minimum absolute atomic E-state index is 0.158. The molecule has 1 atom stereocenters. The zero-order chi connectivity index (χ0) is 19.9. The van der Waals surface area contributed by atoms with Gasteiger partial charge in [0.1, 0.15) is 29.0 Å². The number of para-hydroxylation sites is 1. The first-order valence-electron chi connectivity index (χ1n) is 9.26. The molecule has 1 saturated heterocycles. The van der Waals surface area contributed by atoms with Gasteiger partial charge in [0.25, 0.3) is 5.91 Å². The second-order valence-electron chi connectivity index (χ2n) is 6.47. The lowest BCUT2D eigenvalue weighted by atomic mass is 9.98. The molecule has 6 heteroatoms. The van der Waals surface area contributed by atoms with Crippen LogP contribution in [0.3, 0.4) is 0 Å². The van der Waals surface area contributed by atoms with Crippen molar-refractivity contribution in [2.75, 3.05) is 13.2 Å². The molecule has 0 aliphatic carbocycles. The van der Waals surface area contributed by atoms with E-state index in [1.54, 1.807) is 0 Å². The maximum atomic E-state index is 11.8. The maximum Gasteiger partial charge on any atom is 0.263 e. The lowest BCUT2D eigenvalue weighted by Crippen LogP contribution is -2.17. The van der Waals surface area contributed by atoms with Crippen molar-refractivity contribution in [1.82, 2.24) is 5.32 Å². The highest BCUT2D eigenvalue weighted by Gasteiger charge is 2.21. The highest BCUT2D eigenvalue weighted by molar-refractivity contribution is 8.26. The number of thioether (sulfide) groups is 1. The zero-order valence-electron chi connectivity index (χ0n) is 15.9. The topological polar surface area (TPSA) is 47.6 Å². The van der Waals surface area contributed by atoms with Crippen molar-refractivity contribution in [2.24, 2.45) is 0 Å². The van der Waals surface area contributed by atoms with Gasteiger partial charge in [0, 0.05) is 0 Å². The molecule has 0 saturated carbocycles. The first kappa shape index (κ1) is 20.4. The Morgan fingerprint density at radius 1 is 1.14 bits per heavy atom. The van der Waals surface area contributed by atoms with Gasteiger partial charge in [-0.25, -0.2) is 0 Å². The Labute approximate surface area is 175 Å². The van der Waals surface area contributed by atoms with Crippen LogP contribution in [-0.4, -0.2) is 23.4 Å². The number of rotatable bonds is 8. The molecular formula is C22H23NO3S2. The normalized spacial score (nSPS) is 16.1. The number of nitrogens with one attached hydrogen (secondary N) is 1. The molecule has 2 aromatic carbocycles. The van der Waals surface area contributed by atoms with E-state index in [1.807, 2.05) is 48.5 Å². The molecule has 4 nitrogen and oxygen atoms in total. The minimum Gasteiger partial charge on any atom is -0.490 e. The van der Waals surface area contributed by atoms with Crippen LogP contribution in [0.4, 0.5) is 0 Å². The van der Waals surface area contributed by atoms with Gasteiger partial charge in [-0.15, -0.1) is 0 Å². The summed E-state index contributed by atoms with van der Waals surface area (Å²) < 4.78 is 12.2. The molecule has 1 heterocycles. The number of ether oxygens (including phenoxy) is 2. The van der Waals surface area contributed by atoms with E-state index in [0.717, 1.165) is 23.5 Å². The Morgan fingerprint density at radius 3 is 2.68 bits per heavy atom. The Morgan fingerprint density at radius 2 is 1.93 bits per heavy atom. The van der Waals surface area contributed by atoms with Gasteiger partial charge in [0.2, 0.25) is 0 Å². The van der Waals surface area contributed by atoms with Crippen LogP contribution in [0.5, 0.6) is 11.5 Å². The maximum absolute atomic E-state index is 11.8. The standard InChI is InChI=1S/C22H23NO3S2/c1-3-15(2)18-9-4-5-10-19(18)26-12-11-25-17-8-6-7-16(13-17)14-20-21(24)23-22(27)28-20/h4-10,13-15H,3,11-12H2,1-2H3,(H,23,24,27). The molecule has 0 spiro atoms. The van der Waals surface area contributed by atoms with E-state index in [9.17, 15) is 4.79 Å². The predicted molar refractivity (Wildman–Crippen MR) is 119 cm³/mol. The average molecular weight is 414 g/mol. The molecule has 0 radical (unpaired) electrons. The molecule has 146 valence electrons. The summed E-state index contributed by atoms with van der Waals surface area (Å²) in [6.07, 6.45) is 2.88. The van der Waals surface area contributed by atoms with Gasteiger partial charge < -0.3 is 14.8 Å². The van der Waals surface area contributed by atoms with Crippen LogP contribution < -0.4 is 14.8 Å². The molecule has 1 unspecified atom stereocenters. The Bertz CT molecular complexity index is 895. The van der Waals surface area contributed by atoms with E-state index in [4.69, 9.17) is 21.7 Å². The first-order chi connectivity index (χ1) is 13.6. The first-order valence-corrected chi connectivity index (χ1v) is 10.5. The van der Waals surface area contributed by atoms with Crippen LogP contribution in [0, 0.1) is 0 Å². The number of carbonyl (C=O) groups excluding carboxylic acids is 1. The van der Waals surface area contributed by atoms with Crippen LogP contribution in [0.1, 0.15) is 37.3 Å². The Hall–Kier alpha value is -2.31. The second kappa shape index (κ2) is 9.75. The van der Waals surface area contributed by atoms with Crippen LogP contribution in [-0.2, 0) is 4.79 Å². The molecule has 0 aromatic heterocycles. The molecule has 28 heavy (non-hydrogen) atoms. The summed E-state index contributed by atoms with van der Waals surface area (Å²) in [4.78, 5) is 12.4. The molecule has 1 N–H and O–H groups in total. The molecule has 3 rings (SSSR count). The second-order valence-corrected chi connectivity index (χ2v) is 8.19. The van der Waals surface area contributed by atoms with Crippen molar-refractivity contribution >= 4 is 40.3 Å². The Balaban J connectivity index is 1.56. The number of carbonyl (C=O) groups is 1. The third-order valence-electron chi connectivity index (χ3n) is 4.47. The minimum atomic E-state index is -0.158. The summed E-state index contributed by atoms with van der Waals surface area (Å²) in [7, 11) is 0. The number of benzene rings is 2. The van der Waals surface area contributed by atoms with Gasteiger partial charge >= 0.3 is 0 Å². The van der Waals surface area contributed by atoms with E-state index in [-0.39, 0.29) is 5.91 Å². The van der Waals surface area contributed by atoms with Crippen LogP contribution >= 0.6 is 24.0 Å². The van der Waals surface area contributed by atoms with Crippen LogP contribution in [0.15, 0.2) is 53.4 Å². The van der Waals surface area contributed by atoms with Crippen molar-refractivity contribution in [1.29, 1.82) is 0 Å². The van der Waals surface area contributed by atoms with Crippen LogP contribution in [0.25, 0.3) is 6.08 Å². The quantitative estimate of drug-likeness (QED) is 0.369. The molecule has 1 amide bonds. The van der Waals surface area contributed by atoms with Crippen molar-refractivity contribution in [3.63, 3.8) is 0 Å². The lowest BCUT2D eigenvalue weighted by molar-refractivity contribution is -0.115. The molecule has 0 bridgehead atoms. The van der Waals surface area contributed by atoms with Crippen molar-refractivity contribution < 1.29 is 14.3 Å². The van der Waals surface area contributed by atoms with Crippen LogP contribution in [0.2, 0.25) is 0 Å². The SMILES string of the molecule is CCC(C)c1ccccc1OCCOc1cccc(C=C2SC(=S)NC2=O)c1. The molecular weight excluding hydrogens is 390 g/mol. The van der Waals surface area contributed by atoms with E-state index < -0.39 is 0 Å². The Kier molecular flexibility index (Phi) is 7.12. The van der Waals surface area contributed by atoms with Gasteiger partial charge in [-0.3, -0.25) is 4.79 Å². The summed E-state index contributed by atoms with van der Waals surface area (Å²) in [5, 5.41) is 2.62. The highest BCUT2D eigenvalue weighted by Crippen LogP contribution is 2.29. The smallest absolute Gasteiger partial charge is 0.263 e. The van der Waals surface area contributed by atoms with Gasteiger partial charge in [-0.05, 0) is 47.7 Å². The van der Waals surface area contributed by atoms with E-state index >= 15 is 0 Å². The fraction of sp³-hybridized carbons (Fsp3) is 0.273. The summed E-state index contributed by atoms with van der Waals surface area (Å²) in [5.41, 5.74) is 2.12. The van der Waals surface area contributed by atoms with Crippen molar-refractivity contribution in [2.45, 2.75) is 26.2 Å². The molecule has 2 aromatic rings. The van der Waals surface area contributed by atoms with Gasteiger partial charge in [0.05, 0.1) is 4.91 Å². The fourth-order valence-electron chi connectivity index (χ4n) is 2.82. The summed E-state index contributed by atoms with van der Waals surface area (Å²) in [6.45, 7) is 5.28. The van der Waals surface area contributed by atoms with Crippen molar-refractivity contribution in [3.8, 4) is 11.5 Å². The highest BCUT2D eigenvalue weighted by atomic mass is 32.2. The van der Waals surface area contributed by atoms with E-state index in [0.29, 0.717) is 28.4 Å². The van der Waals surface area contributed by atoms with E-state index in [1.165, 1.54) is 17.3 Å². The summed E-state index contributed by atoms with van der Waals surface area (Å²) >= 11 is 6.28. The lowest BCUT2D eigenvalue weighted by Gasteiger charge is -2.16. The molecule has 1 fully saturated rings. The number of hydrogen-bond donors (Lipinski definition) is 1. The average Bonchev–Trinajstić information content (AvgIpc) is 3.02. The van der Waals surface area contributed by atoms with Crippen molar-refractivity contribution in [3.05, 3.63) is 64.6 Å². The monoisotopic (exact) mass is 413 g/mol.